The molecule has 2 aromatic rings. The number of carbonyl (C=O) groups is 3. The Balaban J connectivity index is 1.97. The molecule has 6 nitrogen and oxygen atoms in total. The fourth-order valence-electron chi connectivity index (χ4n) is 2.21. The molecule has 0 aliphatic carbocycles. The van der Waals surface area contributed by atoms with E-state index in [4.69, 9.17) is 4.74 Å². The summed E-state index contributed by atoms with van der Waals surface area (Å²) in [5, 5.41) is 2.58. The quantitative estimate of drug-likeness (QED) is 0.646. The fourth-order valence-corrected chi connectivity index (χ4v) is 2.21. The van der Waals surface area contributed by atoms with Gasteiger partial charge in [0, 0.05) is 25.3 Å². The van der Waals surface area contributed by atoms with E-state index < -0.39 is 18.5 Å². The highest BCUT2D eigenvalue weighted by molar-refractivity contribution is 6.04. The summed E-state index contributed by atoms with van der Waals surface area (Å²) in [4.78, 5) is 37.5. The average molecular weight is 340 g/mol. The molecule has 130 valence electrons. The van der Waals surface area contributed by atoms with Crippen molar-refractivity contribution in [2.45, 2.75) is 6.92 Å². The lowest BCUT2D eigenvalue weighted by Crippen LogP contribution is -2.22. The second-order valence-electron chi connectivity index (χ2n) is 5.67. The standard InChI is InChI=1S/C19H20N2O4/c1-13(22)16-9-4-5-10-17(16)20-18(23)12-25-19(24)14-7-6-8-15(11-14)21(2)3/h4-11H,12H2,1-3H3,(H,20,23). The zero-order valence-corrected chi connectivity index (χ0v) is 14.4. The molecule has 0 radical (unpaired) electrons. The van der Waals surface area contributed by atoms with Crippen molar-refractivity contribution < 1.29 is 19.1 Å². The molecule has 0 atom stereocenters. The van der Waals surface area contributed by atoms with Crippen molar-refractivity contribution in [1.29, 1.82) is 0 Å². The van der Waals surface area contributed by atoms with Gasteiger partial charge < -0.3 is 15.0 Å². The van der Waals surface area contributed by atoms with Gasteiger partial charge in [0.2, 0.25) is 0 Å². The van der Waals surface area contributed by atoms with Crippen LogP contribution in [0.15, 0.2) is 48.5 Å². The summed E-state index contributed by atoms with van der Waals surface area (Å²) in [6, 6.07) is 13.6. The molecule has 0 fully saturated rings. The SMILES string of the molecule is CC(=O)c1ccccc1NC(=O)COC(=O)c1cccc(N(C)C)c1. The number of anilines is 2. The average Bonchev–Trinajstić information content (AvgIpc) is 2.60. The Hall–Kier alpha value is -3.15. The number of Topliss-reactive ketones (excluding diaryl/α,β-unsaturated/α-hetero) is 1. The van der Waals surface area contributed by atoms with Crippen molar-refractivity contribution in [2.24, 2.45) is 0 Å². The Bertz CT molecular complexity index is 800. The Kier molecular flexibility index (Phi) is 5.89. The molecule has 0 spiro atoms. The molecule has 2 aromatic carbocycles. The summed E-state index contributed by atoms with van der Waals surface area (Å²) in [7, 11) is 3.73. The first kappa shape index (κ1) is 18.2. The van der Waals surface area contributed by atoms with Crippen LogP contribution in [-0.4, -0.2) is 38.4 Å². The zero-order valence-electron chi connectivity index (χ0n) is 14.4. The Morgan fingerprint density at radius 1 is 1.04 bits per heavy atom. The first-order valence-corrected chi connectivity index (χ1v) is 7.73. The smallest absolute Gasteiger partial charge is 0.338 e. The molecule has 2 rings (SSSR count). The molecule has 6 heteroatoms. The van der Waals surface area contributed by atoms with E-state index in [1.807, 2.05) is 25.1 Å². The summed E-state index contributed by atoms with van der Waals surface area (Å²) in [6.45, 7) is 0.986. The Morgan fingerprint density at radius 3 is 2.44 bits per heavy atom. The van der Waals surface area contributed by atoms with E-state index >= 15 is 0 Å². The first-order valence-electron chi connectivity index (χ1n) is 7.73. The molecule has 1 N–H and O–H groups in total. The molecule has 0 saturated heterocycles. The van der Waals surface area contributed by atoms with Gasteiger partial charge in [0.1, 0.15) is 0 Å². The van der Waals surface area contributed by atoms with Gasteiger partial charge in [-0.25, -0.2) is 4.79 Å². The number of hydrogen-bond acceptors (Lipinski definition) is 5. The number of nitrogens with zero attached hydrogens (tertiary/aromatic N) is 1. The van der Waals surface area contributed by atoms with Gasteiger partial charge in [-0.15, -0.1) is 0 Å². The van der Waals surface area contributed by atoms with Gasteiger partial charge in [0.15, 0.2) is 12.4 Å². The summed E-state index contributed by atoms with van der Waals surface area (Å²) >= 11 is 0. The van der Waals surface area contributed by atoms with Crippen molar-refractivity contribution in [3.8, 4) is 0 Å². The van der Waals surface area contributed by atoms with Crippen LogP contribution in [0.25, 0.3) is 0 Å². The minimum absolute atomic E-state index is 0.159. The van der Waals surface area contributed by atoms with Crippen LogP contribution in [0, 0.1) is 0 Å². The minimum Gasteiger partial charge on any atom is -0.452 e. The molecule has 0 heterocycles. The maximum Gasteiger partial charge on any atom is 0.338 e. The third kappa shape index (κ3) is 4.91. The van der Waals surface area contributed by atoms with Crippen molar-refractivity contribution in [3.63, 3.8) is 0 Å². The lowest BCUT2D eigenvalue weighted by molar-refractivity contribution is -0.119. The third-order valence-corrected chi connectivity index (χ3v) is 3.51. The summed E-state index contributed by atoms with van der Waals surface area (Å²) in [5.41, 5.74) is 2.02. The highest BCUT2D eigenvalue weighted by Crippen LogP contribution is 2.16. The molecule has 1 amide bonds. The van der Waals surface area contributed by atoms with Gasteiger partial charge >= 0.3 is 5.97 Å². The molecule has 0 aliphatic heterocycles. The van der Waals surface area contributed by atoms with Crippen LogP contribution in [0.2, 0.25) is 0 Å². The molecule has 0 aliphatic rings. The van der Waals surface area contributed by atoms with Gasteiger partial charge in [0.05, 0.1) is 11.3 Å². The highest BCUT2D eigenvalue weighted by atomic mass is 16.5. The van der Waals surface area contributed by atoms with Crippen LogP contribution >= 0.6 is 0 Å². The number of esters is 1. The maximum absolute atomic E-state index is 12.1. The van der Waals surface area contributed by atoms with E-state index in [-0.39, 0.29) is 5.78 Å². The number of para-hydroxylation sites is 1. The molecule has 25 heavy (non-hydrogen) atoms. The van der Waals surface area contributed by atoms with Crippen LogP contribution in [0.1, 0.15) is 27.6 Å². The van der Waals surface area contributed by atoms with E-state index in [1.165, 1.54) is 6.92 Å². The van der Waals surface area contributed by atoms with Crippen LogP contribution in [-0.2, 0) is 9.53 Å². The summed E-state index contributed by atoms with van der Waals surface area (Å²) in [6.07, 6.45) is 0. The molecule has 0 bridgehead atoms. The number of nitrogens with one attached hydrogen (secondary N) is 1. The van der Waals surface area contributed by atoms with E-state index in [2.05, 4.69) is 5.32 Å². The predicted octanol–water partition coefficient (Wildman–Crippen LogP) is 2.75. The van der Waals surface area contributed by atoms with E-state index in [1.54, 1.807) is 42.5 Å². The number of ketones is 1. The molecule has 0 saturated carbocycles. The topological polar surface area (TPSA) is 75.7 Å². The Morgan fingerprint density at radius 2 is 1.76 bits per heavy atom. The number of hydrogen-bond donors (Lipinski definition) is 1. The van der Waals surface area contributed by atoms with Gasteiger partial charge in [-0.2, -0.15) is 0 Å². The lowest BCUT2D eigenvalue weighted by atomic mass is 10.1. The van der Waals surface area contributed by atoms with Gasteiger partial charge in [0.25, 0.3) is 5.91 Å². The van der Waals surface area contributed by atoms with Gasteiger partial charge in [-0.3, -0.25) is 9.59 Å². The molecular weight excluding hydrogens is 320 g/mol. The number of benzene rings is 2. The third-order valence-electron chi connectivity index (χ3n) is 3.51. The monoisotopic (exact) mass is 340 g/mol. The van der Waals surface area contributed by atoms with Crippen LogP contribution in [0.4, 0.5) is 11.4 Å². The van der Waals surface area contributed by atoms with Crippen molar-refractivity contribution in [3.05, 3.63) is 59.7 Å². The molecular formula is C19H20N2O4. The lowest BCUT2D eigenvalue weighted by Gasteiger charge is -2.13. The normalized spacial score (nSPS) is 10.0. The van der Waals surface area contributed by atoms with Crippen molar-refractivity contribution in [2.75, 3.05) is 30.9 Å². The summed E-state index contributed by atoms with van der Waals surface area (Å²) < 4.78 is 5.04. The van der Waals surface area contributed by atoms with Crippen molar-refractivity contribution in [1.82, 2.24) is 0 Å². The minimum atomic E-state index is -0.585. The molecule has 0 aromatic heterocycles. The van der Waals surface area contributed by atoms with E-state index in [9.17, 15) is 14.4 Å². The van der Waals surface area contributed by atoms with Crippen LogP contribution in [0.5, 0.6) is 0 Å². The second-order valence-corrected chi connectivity index (χ2v) is 5.67. The zero-order chi connectivity index (χ0) is 18.4. The van der Waals surface area contributed by atoms with E-state index in [0.29, 0.717) is 16.8 Å². The molecule has 0 unspecified atom stereocenters. The van der Waals surface area contributed by atoms with Gasteiger partial charge in [-0.05, 0) is 37.3 Å². The van der Waals surface area contributed by atoms with Gasteiger partial charge in [-0.1, -0.05) is 18.2 Å². The van der Waals surface area contributed by atoms with E-state index in [0.717, 1.165) is 5.69 Å². The fraction of sp³-hybridized carbons (Fsp3) is 0.211. The summed E-state index contributed by atoms with van der Waals surface area (Å²) in [5.74, 6) is -1.25. The number of carbonyl (C=O) groups excluding carboxylic acids is 3. The second kappa shape index (κ2) is 8.10. The van der Waals surface area contributed by atoms with Crippen LogP contribution in [0.3, 0.4) is 0 Å². The predicted molar refractivity (Wildman–Crippen MR) is 96.1 cm³/mol. The Labute approximate surface area is 146 Å². The number of ether oxygens (including phenoxy) is 1. The number of amides is 1. The van der Waals surface area contributed by atoms with Crippen molar-refractivity contribution >= 4 is 29.0 Å². The van der Waals surface area contributed by atoms with Crippen LogP contribution < -0.4 is 10.2 Å². The highest BCUT2D eigenvalue weighted by Gasteiger charge is 2.13. The first-order chi connectivity index (χ1) is 11.9. The largest absolute Gasteiger partial charge is 0.452 e. The number of rotatable bonds is 6. The maximum atomic E-state index is 12.1.